The van der Waals surface area contributed by atoms with Crippen LogP contribution in [0.3, 0.4) is 0 Å². The van der Waals surface area contributed by atoms with E-state index in [2.05, 4.69) is 5.10 Å². The molecule has 0 aliphatic rings. The van der Waals surface area contributed by atoms with Gasteiger partial charge < -0.3 is 5.73 Å². The molecule has 2 N–H and O–H groups in total. The molecule has 0 aliphatic heterocycles. The Morgan fingerprint density at radius 1 is 1.20 bits per heavy atom. The maximum Gasteiger partial charge on any atom is 0.416 e. The first-order valence-electron chi connectivity index (χ1n) is 6.37. The summed E-state index contributed by atoms with van der Waals surface area (Å²) >= 11 is 0. The average molecular weight is 283 g/mol. The van der Waals surface area contributed by atoms with E-state index in [-0.39, 0.29) is 0 Å². The van der Waals surface area contributed by atoms with Gasteiger partial charge >= 0.3 is 6.18 Å². The Labute approximate surface area is 115 Å². The molecule has 0 spiro atoms. The number of aryl methyl sites for hydroxylation is 1. The SMILES string of the molecule is CCCn1cc(C(N)c2ccc(C(F)(F)F)cc2)cn1. The number of hydrogen-bond donors (Lipinski definition) is 1. The zero-order valence-corrected chi connectivity index (χ0v) is 11.1. The lowest BCUT2D eigenvalue weighted by Gasteiger charge is -2.12. The molecule has 108 valence electrons. The van der Waals surface area contributed by atoms with Crippen LogP contribution in [0.2, 0.25) is 0 Å². The van der Waals surface area contributed by atoms with E-state index < -0.39 is 17.8 Å². The Morgan fingerprint density at radius 3 is 2.40 bits per heavy atom. The van der Waals surface area contributed by atoms with Gasteiger partial charge in [-0.2, -0.15) is 18.3 Å². The molecular formula is C14H16F3N3. The molecule has 0 fully saturated rings. The average Bonchev–Trinajstić information content (AvgIpc) is 2.86. The maximum atomic E-state index is 12.5. The molecule has 20 heavy (non-hydrogen) atoms. The van der Waals surface area contributed by atoms with Crippen LogP contribution < -0.4 is 5.73 Å². The van der Waals surface area contributed by atoms with Gasteiger partial charge in [-0.05, 0) is 24.1 Å². The normalized spacial score (nSPS) is 13.4. The molecule has 0 bridgehead atoms. The second kappa shape index (κ2) is 5.66. The lowest BCUT2D eigenvalue weighted by molar-refractivity contribution is -0.137. The number of nitrogens with two attached hydrogens (primary N) is 1. The van der Waals surface area contributed by atoms with Crippen LogP contribution in [0.15, 0.2) is 36.7 Å². The standard InChI is InChI=1S/C14H16F3N3/c1-2-7-20-9-11(8-19-20)13(18)10-3-5-12(6-4-10)14(15,16)17/h3-6,8-9,13H,2,7,18H2,1H3. The Balaban J connectivity index is 2.17. The first-order valence-corrected chi connectivity index (χ1v) is 6.37. The largest absolute Gasteiger partial charge is 0.416 e. The van der Waals surface area contributed by atoms with Crippen LogP contribution in [0.5, 0.6) is 0 Å². The van der Waals surface area contributed by atoms with Crippen molar-refractivity contribution in [1.29, 1.82) is 0 Å². The number of aromatic nitrogens is 2. The predicted molar refractivity (Wildman–Crippen MR) is 70.0 cm³/mol. The highest BCUT2D eigenvalue weighted by atomic mass is 19.4. The van der Waals surface area contributed by atoms with Gasteiger partial charge in [-0.15, -0.1) is 0 Å². The number of nitrogens with zero attached hydrogens (tertiary/aromatic N) is 2. The third-order valence-corrected chi connectivity index (χ3v) is 3.06. The second-order valence-electron chi connectivity index (χ2n) is 4.63. The van der Waals surface area contributed by atoms with E-state index in [1.165, 1.54) is 12.1 Å². The van der Waals surface area contributed by atoms with Gasteiger partial charge in [0, 0.05) is 18.3 Å². The van der Waals surface area contributed by atoms with Crippen molar-refractivity contribution in [2.45, 2.75) is 32.1 Å². The lowest BCUT2D eigenvalue weighted by Crippen LogP contribution is -2.12. The molecule has 1 heterocycles. The fourth-order valence-corrected chi connectivity index (χ4v) is 1.96. The summed E-state index contributed by atoms with van der Waals surface area (Å²) in [6.45, 7) is 2.83. The first-order chi connectivity index (χ1) is 9.41. The molecule has 0 saturated carbocycles. The fourth-order valence-electron chi connectivity index (χ4n) is 1.96. The molecule has 2 aromatic rings. The highest BCUT2D eigenvalue weighted by Crippen LogP contribution is 2.30. The quantitative estimate of drug-likeness (QED) is 0.935. The van der Waals surface area contributed by atoms with Gasteiger partial charge in [0.1, 0.15) is 0 Å². The summed E-state index contributed by atoms with van der Waals surface area (Å²) < 4.78 is 39.2. The molecule has 1 unspecified atom stereocenters. The number of benzene rings is 1. The molecule has 1 aromatic heterocycles. The van der Waals surface area contributed by atoms with E-state index in [1.807, 2.05) is 13.1 Å². The summed E-state index contributed by atoms with van der Waals surface area (Å²) in [6, 6.07) is 4.44. The van der Waals surface area contributed by atoms with Crippen molar-refractivity contribution >= 4 is 0 Å². The molecule has 0 saturated heterocycles. The van der Waals surface area contributed by atoms with Gasteiger partial charge in [-0.3, -0.25) is 4.68 Å². The monoisotopic (exact) mass is 283 g/mol. The maximum absolute atomic E-state index is 12.5. The van der Waals surface area contributed by atoms with Gasteiger partial charge in [0.15, 0.2) is 0 Å². The molecular weight excluding hydrogens is 267 g/mol. The van der Waals surface area contributed by atoms with Gasteiger partial charge in [0.05, 0.1) is 17.8 Å². The topological polar surface area (TPSA) is 43.8 Å². The Kier molecular flexibility index (Phi) is 4.13. The van der Waals surface area contributed by atoms with E-state index in [1.54, 1.807) is 10.9 Å². The van der Waals surface area contributed by atoms with Crippen molar-refractivity contribution in [3.63, 3.8) is 0 Å². The molecule has 0 aliphatic carbocycles. The summed E-state index contributed by atoms with van der Waals surface area (Å²) in [4.78, 5) is 0. The minimum atomic E-state index is -4.32. The first kappa shape index (κ1) is 14.6. The molecule has 6 heteroatoms. The minimum absolute atomic E-state index is 0.470. The number of alkyl halides is 3. The summed E-state index contributed by atoms with van der Waals surface area (Å²) in [5.41, 5.74) is 6.80. The van der Waals surface area contributed by atoms with E-state index in [4.69, 9.17) is 5.73 Å². The van der Waals surface area contributed by atoms with Crippen LogP contribution in [0.25, 0.3) is 0 Å². The zero-order valence-electron chi connectivity index (χ0n) is 11.1. The third-order valence-electron chi connectivity index (χ3n) is 3.06. The predicted octanol–water partition coefficient (Wildman–Crippen LogP) is 3.36. The van der Waals surface area contributed by atoms with Crippen LogP contribution in [-0.2, 0) is 12.7 Å². The van der Waals surface area contributed by atoms with Crippen molar-refractivity contribution in [2.75, 3.05) is 0 Å². The van der Waals surface area contributed by atoms with Gasteiger partial charge in [-0.25, -0.2) is 0 Å². The molecule has 2 rings (SSSR count). The fraction of sp³-hybridized carbons (Fsp3) is 0.357. The summed E-state index contributed by atoms with van der Waals surface area (Å²) in [5.74, 6) is 0. The summed E-state index contributed by atoms with van der Waals surface area (Å²) in [7, 11) is 0. The van der Waals surface area contributed by atoms with E-state index >= 15 is 0 Å². The minimum Gasteiger partial charge on any atom is -0.320 e. The van der Waals surface area contributed by atoms with E-state index in [0.29, 0.717) is 5.56 Å². The molecule has 3 nitrogen and oxygen atoms in total. The Morgan fingerprint density at radius 2 is 1.85 bits per heavy atom. The Bertz CT molecular complexity index is 558. The number of hydrogen-bond acceptors (Lipinski definition) is 2. The van der Waals surface area contributed by atoms with Crippen molar-refractivity contribution in [2.24, 2.45) is 5.73 Å². The van der Waals surface area contributed by atoms with Crippen LogP contribution in [0.4, 0.5) is 13.2 Å². The molecule has 0 radical (unpaired) electrons. The van der Waals surface area contributed by atoms with E-state index in [0.717, 1.165) is 30.7 Å². The van der Waals surface area contributed by atoms with Crippen molar-refractivity contribution in [3.8, 4) is 0 Å². The molecule has 1 aromatic carbocycles. The smallest absolute Gasteiger partial charge is 0.320 e. The third kappa shape index (κ3) is 3.19. The van der Waals surface area contributed by atoms with Crippen molar-refractivity contribution in [1.82, 2.24) is 9.78 Å². The van der Waals surface area contributed by atoms with Crippen molar-refractivity contribution < 1.29 is 13.2 Å². The van der Waals surface area contributed by atoms with Crippen LogP contribution >= 0.6 is 0 Å². The van der Waals surface area contributed by atoms with Gasteiger partial charge in [0.25, 0.3) is 0 Å². The summed E-state index contributed by atoms with van der Waals surface area (Å²) in [6.07, 6.45) is 0.106. The Hall–Kier alpha value is -1.82. The van der Waals surface area contributed by atoms with Crippen LogP contribution in [0, 0.1) is 0 Å². The number of rotatable bonds is 4. The lowest BCUT2D eigenvalue weighted by atomic mass is 10.0. The second-order valence-corrected chi connectivity index (χ2v) is 4.63. The number of halogens is 3. The van der Waals surface area contributed by atoms with Crippen LogP contribution in [-0.4, -0.2) is 9.78 Å². The van der Waals surface area contributed by atoms with Gasteiger partial charge in [0.2, 0.25) is 0 Å². The van der Waals surface area contributed by atoms with E-state index in [9.17, 15) is 13.2 Å². The van der Waals surface area contributed by atoms with Crippen molar-refractivity contribution in [3.05, 3.63) is 53.3 Å². The summed E-state index contributed by atoms with van der Waals surface area (Å²) in [5, 5.41) is 4.17. The molecule has 1 atom stereocenters. The van der Waals surface area contributed by atoms with Crippen LogP contribution in [0.1, 0.15) is 36.1 Å². The van der Waals surface area contributed by atoms with Gasteiger partial charge in [-0.1, -0.05) is 19.1 Å². The zero-order chi connectivity index (χ0) is 14.8. The molecule has 0 amide bonds. The highest BCUT2D eigenvalue weighted by molar-refractivity contribution is 5.32. The highest BCUT2D eigenvalue weighted by Gasteiger charge is 2.30.